The van der Waals surface area contributed by atoms with E-state index in [4.69, 9.17) is 9.47 Å². The van der Waals surface area contributed by atoms with E-state index in [1.807, 2.05) is 7.05 Å². The number of methoxy groups -OCH3 is 1. The molecule has 2 saturated heterocycles. The summed E-state index contributed by atoms with van der Waals surface area (Å²) in [7, 11) is 3.60. The predicted molar refractivity (Wildman–Crippen MR) is 104 cm³/mol. The van der Waals surface area contributed by atoms with Crippen LogP contribution in [0.25, 0.3) is 0 Å². The van der Waals surface area contributed by atoms with Crippen LogP contribution in [-0.4, -0.2) is 97.6 Å². The molecular formula is C20H36N2O6. The van der Waals surface area contributed by atoms with E-state index < -0.39 is 17.6 Å². The van der Waals surface area contributed by atoms with E-state index in [2.05, 4.69) is 4.90 Å². The van der Waals surface area contributed by atoms with Crippen molar-refractivity contribution in [2.24, 2.45) is 5.41 Å². The van der Waals surface area contributed by atoms with Crippen LogP contribution in [-0.2, 0) is 19.1 Å². The van der Waals surface area contributed by atoms with Gasteiger partial charge in [-0.15, -0.1) is 0 Å². The van der Waals surface area contributed by atoms with Gasteiger partial charge in [-0.2, -0.15) is 0 Å². The second kappa shape index (κ2) is 11.1. The van der Waals surface area contributed by atoms with E-state index in [1.165, 1.54) is 0 Å². The van der Waals surface area contributed by atoms with Gasteiger partial charge in [0.05, 0.1) is 24.5 Å². The summed E-state index contributed by atoms with van der Waals surface area (Å²) in [4.78, 5) is 29.2. The van der Waals surface area contributed by atoms with E-state index in [0.29, 0.717) is 26.1 Å². The third-order valence-corrected chi connectivity index (χ3v) is 6.11. The molecule has 28 heavy (non-hydrogen) atoms. The maximum Gasteiger partial charge on any atom is 0.312 e. The molecule has 2 fully saturated rings. The number of carbonyl (C=O) groups is 2. The predicted octanol–water partition coefficient (Wildman–Crippen LogP) is 0.403. The first-order valence-corrected chi connectivity index (χ1v) is 10.4. The van der Waals surface area contributed by atoms with Crippen molar-refractivity contribution in [1.82, 2.24) is 9.80 Å². The molecule has 0 unspecified atom stereocenters. The molecule has 0 aromatic rings. The van der Waals surface area contributed by atoms with Gasteiger partial charge in [0.25, 0.3) is 0 Å². The van der Waals surface area contributed by atoms with E-state index >= 15 is 0 Å². The summed E-state index contributed by atoms with van der Waals surface area (Å²) < 4.78 is 10.4. The van der Waals surface area contributed by atoms with Crippen LogP contribution in [0.15, 0.2) is 0 Å². The summed E-state index contributed by atoms with van der Waals surface area (Å²) in [6.07, 6.45) is 2.16. The first-order chi connectivity index (χ1) is 13.4. The zero-order valence-corrected chi connectivity index (χ0v) is 17.3. The van der Waals surface area contributed by atoms with Gasteiger partial charge in [-0.1, -0.05) is 6.42 Å². The molecule has 0 aliphatic carbocycles. The fraction of sp³-hybridized carbons (Fsp3) is 0.900. The average Bonchev–Trinajstić information content (AvgIpc) is 2.70. The van der Waals surface area contributed by atoms with Crippen LogP contribution >= 0.6 is 0 Å². The zero-order valence-electron chi connectivity index (χ0n) is 17.3. The number of amides is 1. The van der Waals surface area contributed by atoms with Crippen LogP contribution in [0.1, 0.15) is 44.9 Å². The van der Waals surface area contributed by atoms with Gasteiger partial charge in [0.2, 0.25) is 5.91 Å². The minimum atomic E-state index is -1.15. The average molecular weight is 401 g/mol. The lowest BCUT2D eigenvalue weighted by atomic mass is 9.74. The van der Waals surface area contributed by atoms with Crippen molar-refractivity contribution in [1.29, 1.82) is 0 Å². The van der Waals surface area contributed by atoms with E-state index in [0.717, 1.165) is 45.2 Å². The van der Waals surface area contributed by atoms with Gasteiger partial charge >= 0.3 is 5.97 Å². The Bertz CT molecular complexity index is 507. The molecule has 2 aliphatic heterocycles. The van der Waals surface area contributed by atoms with Gasteiger partial charge < -0.3 is 29.5 Å². The Hall–Kier alpha value is -1.22. The number of cyclic esters (lactones) is 1. The van der Waals surface area contributed by atoms with Crippen molar-refractivity contribution in [3.63, 3.8) is 0 Å². The number of piperidine rings is 1. The van der Waals surface area contributed by atoms with E-state index in [1.54, 1.807) is 12.0 Å². The molecular weight excluding hydrogens is 364 g/mol. The highest BCUT2D eigenvalue weighted by atomic mass is 16.5. The highest BCUT2D eigenvalue weighted by molar-refractivity contribution is 5.77. The molecule has 2 rings (SSSR count). The lowest BCUT2D eigenvalue weighted by Crippen LogP contribution is -2.45. The minimum Gasteiger partial charge on any atom is -0.462 e. The Kier molecular flexibility index (Phi) is 9.14. The van der Waals surface area contributed by atoms with Crippen LogP contribution < -0.4 is 0 Å². The summed E-state index contributed by atoms with van der Waals surface area (Å²) in [6.45, 7) is 2.76. The van der Waals surface area contributed by atoms with Crippen molar-refractivity contribution in [3.8, 4) is 0 Å². The van der Waals surface area contributed by atoms with Crippen molar-refractivity contribution in [3.05, 3.63) is 0 Å². The maximum atomic E-state index is 12.8. The number of nitrogens with zero attached hydrogens (tertiary/aromatic N) is 2. The second-order valence-electron chi connectivity index (χ2n) is 8.19. The monoisotopic (exact) mass is 400 g/mol. The number of aliphatic hydroxyl groups excluding tert-OH is 2. The molecule has 0 aromatic carbocycles. The Morgan fingerprint density at radius 1 is 1.14 bits per heavy atom. The molecule has 0 saturated carbocycles. The number of rotatable bonds is 3. The van der Waals surface area contributed by atoms with Gasteiger partial charge in [-0.3, -0.25) is 9.59 Å². The number of hydrogen-bond donors (Lipinski definition) is 2. The van der Waals surface area contributed by atoms with Gasteiger partial charge in [0.15, 0.2) is 0 Å². The number of hydrogen-bond acceptors (Lipinski definition) is 7. The van der Waals surface area contributed by atoms with Crippen molar-refractivity contribution < 1.29 is 29.3 Å². The first kappa shape index (κ1) is 23.1. The maximum absolute atomic E-state index is 12.8. The van der Waals surface area contributed by atoms with Crippen LogP contribution in [0, 0.1) is 5.41 Å². The molecule has 2 atom stereocenters. The smallest absolute Gasteiger partial charge is 0.312 e. The third-order valence-electron chi connectivity index (χ3n) is 6.11. The molecule has 1 spiro atoms. The molecule has 2 N–H and O–H groups in total. The summed E-state index contributed by atoms with van der Waals surface area (Å²) >= 11 is 0. The number of likely N-dealkylation sites (tertiary alicyclic amines) is 1. The molecule has 8 nitrogen and oxygen atoms in total. The number of aliphatic hydroxyl groups is 2. The fourth-order valence-corrected chi connectivity index (χ4v) is 3.98. The molecule has 2 aliphatic rings. The fourth-order valence-electron chi connectivity index (χ4n) is 3.98. The first-order valence-electron chi connectivity index (χ1n) is 10.4. The lowest BCUT2D eigenvalue weighted by Gasteiger charge is -2.39. The van der Waals surface area contributed by atoms with Gasteiger partial charge in [-0.25, -0.2) is 0 Å². The highest BCUT2D eigenvalue weighted by Crippen LogP contribution is 2.38. The number of esters is 1. The zero-order chi connectivity index (χ0) is 20.6. The van der Waals surface area contributed by atoms with Crippen molar-refractivity contribution in [2.45, 2.75) is 57.2 Å². The quantitative estimate of drug-likeness (QED) is 0.662. The highest BCUT2D eigenvalue weighted by Gasteiger charge is 2.42. The largest absolute Gasteiger partial charge is 0.462 e. The SMILES string of the molecule is COCCC(=O)N1CCCCC2(CCN(C)CC2)C(=O)OC[C@@H](O)[C@@H](O)CC1. The molecule has 162 valence electrons. The van der Waals surface area contributed by atoms with E-state index in [-0.39, 0.29) is 24.9 Å². The minimum absolute atomic E-state index is 0.0141. The number of ether oxygens (including phenoxy) is 2. The van der Waals surface area contributed by atoms with Gasteiger partial charge in [0, 0.05) is 20.2 Å². The van der Waals surface area contributed by atoms with Gasteiger partial charge in [0.1, 0.15) is 12.7 Å². The Morgan fingerprint density at radius 3 is 2.54 bits per heavy atom. The summed E-state index contributed by atoms with van der Waals surface area (Å²) in [6, 6.07) is 0. The molecule has 2 heterocycles. The molecule has 0 radical (unpaired) electrons. The van der Waals surface area contributed by atoms with E-state index in [9.17, 15) is 19.8 Å². The molecule has 0 aromatic heterocycles. The summed E-state index contributed by atoms with van der Waals surface area (Å²) in [5.74, 6) is -0.279. The molecule has 1 amide bonds. The second-order valence-corrected chi connectivity index (χ2v) is 8.19. The van der Waals surface area contributed by atoms with Crippen LogP contribution in [0.3, 0.4) is 0 Å². The summed E-state index contributed by atoms with van der Waals surface area (Å²) in [5.41, 5.74) is -0.532. The topological polar surface area (TPSA) is 99.5 Å². The van der Waals surface area contributed by atoms with Crippen molar-refractivity contribution >= 4 is 11.9 Å². The summed E-state index contributed by atoms with van der Waals surface area (Å²) in [5, 5.41) is 20.4. The number of carbonyl (C=O) groups excluding carboxylic acids is 2. The Labute approximate surface area is 167 Å². The normalized spacial score (nSPS) is 28.1. The van der Waals surface area contributed by atoms with Crippen LogP contribution in [0.2, 0.25) is 0 Å². The third kappa shape index (κ3) is 6.40. The Morgan fingerprint density at radius 2 is 1.86 bits per heavy atom. The van der Waals surface area contributed by atoms with Gasteiger partial charge in [-0.05, 0) is 52.2 Å². The lowest BCUT2D eigenvalue weighted by molar-refractivity contribution is -0.164. The Balaban J connectivity index is 2.07. The van der Waals surface area contributed by atoms with Crippen LogP contribution in [0.4, 0.5) is 0 Å². The van der Waals surface area contributed by atoms with Crippen molar-refractivity contribution in [2.75, 3.05) is 53.6 Å². The molecule has 8 heteroatoms. The molecule has 0 bridgehead atoms. The van der Waals surface area contributed by atoms with Crippen LogP contribution in [0.5, 0.6) is 0 Å². The standard InChI is InChI=1S/C20H36N2O6/c1-21-12-8-20(9-13-21)7-3-4-10-22(18(25)6-14-27-2)11-5-16(23)17(24)15-28-19(20)26/h16-17,23-24H,3-15H2,1-2H3/t16-,17+/m0/s1.